The number of nitriles is 1. The Bertz CT molecular complexity index is 728. The van der Waals surface area contributed by atoms with Crippen molar-refractivity contribution in [2.24, 2.45) is 0 Å². The lowest BCUT2D eigenvalue weighted by atomic mass is 10.1. The highest BCUT2D eigenvalue weighted by atomic mass is 16.1. The zero-order valence-corrected chi connectivity index (χ0v) is 13.8. The van der Waals surface area contributed by atoms with E-state index in [4.69, 9.17) is 5.26 Å². The van der Waals surface area contributed by atoms with Gasteiger partial charge < -0.3 is 10.6 Å². The van der Waals surface area contributed by atoms with Gasteiger partial charge in [-0.3, -0.25) is 4.79 Å². The number of nitrogens with zero attached hydrogens (tertiary/aromatic N) is 1. The summed E-state index contributed by atoms with van der Waals surface area (Å²) >= 11 is 0. The Morgan fingerprint density at radius 1 is 1.08 bits per heavy atom. The largest absolute Gasteiger partial charge is 0.360 e. The van der Waals surface area contributed by atoms with Crippen molar-refractivity contribution in [3.63, 3.8) is 0 Å². The molecular formula is C20H21N3O. The van der Waals surface area contributed by atoms with Crippen molar-refractivity contribution >= 4 is 11.6 Å². The van der Waals surface area contributed by atoms with Crippen LogP contribution in [0.25, 0.3) is 0 Å². The van der Waals surface area contributed by atoms with E-state index in [0.29, 0.717) is 6.54 Å². The molecule has 0 fully saturated rings. The summed E-state index contributed by atoms with van der Waals surface area (Å²) in [6.45, 7) is 2.59. The van der Waals surface area contributed by atoms with Gasteiger partial charge in [0.05, 0.1) is 0 Å². The molecule has 0 saturated carbocycles. The van der Waals surface area contributed by atoms with E-state index in [1.54, 1.807) is 0 Å². The quantitative estimate of drug-likeness (QED) is 0.607. The molecule has 0 unspecified atom stereocenters. The van der Waals surface area contributed by atoms with Crippen LogP contribution in [-0.4, -0.2) is 12.5 Å². The van der Waals surface area contributed by atoms with Crippen LogP contribution in [0.1, 0.15) is 18.1 Å². The first kappa shape index (κ1) is 17.3. The van der Waals surface area contributed by atoms with Gasteiger partial charge in [0.25, 0.3) is 5.91 Å². The van der Waals surface area contributed by atoms with Gasteiger partial charge >= 0.3 is 0 Å². The maximum Gasteiger partial charge on any atom is 0.263 e. The van der Waals surface area contributed by atoms with Crippen molar-refractivity contribution in [1.29, 1.82) is 5.26 Å². The Morgan fingerprint density at radius 3 is 2.42 bits per heavy atom. The zero-order valence-electron chi connectivity index (χ0n) is 13.8. The summed E-state index contributed by atoms with van der Waals surface area (Å²) in [5.74, 6) is -0.369. The van der Waals surface area contributed by atoms with Crippen molar-refractivity contribution in [1.82, 2.24) is 5.32 Å². The molecule has 2 rings (SSSR count). The molecule has 2 N–H and O–H groups in total. The van der Waals surface area contributed by atoms with E-state index in [0.717, 1.165) is 24.1 Å². The van der Waals surface area contributed by atoms with Gasteiger partial charge in [-0.2, -0.15) is 5.26 Å². The van der Waals surface area contributed by atoms with Crippen LogP contribution < -0.4 is 10.6 Å². The number of nitrogens with one attached hydrogen (secondary N) is 2. The molecule has 0 heterocycles. The lowest BCUT2D eigenvalue weighted by Crippen LogP contribution is -2.27. The number of carbonyl (C=O) groups is 1. The first-order valence-electron chi connectivity index (χ1n) is 8.00. The number of carbonyl (C=O) groups excluding carboxylic acids is 1. The molecule has 122 valence electrons. The Balaban J connectivity index is 1.87. The van der Waals surface area contributed by atoms with E-state index in [1.165, 1.54) is 11.8 Å². The molecule has 0 aromatic heterocycles. The van der Waals surface area contributed by atoms with Crippen molar-refractivity contribution < 1.29 is 4.79 Å². The molecular weight excluding hydrogens is 298 g/mol. The minimum atomic E-state index is -0.369. The first-order valence-corrected chi connectivity index (χ1v) is 8.00. The summed E-state index contributed by atoms with van der Waals surface area (Å²) in [6, 6.07) is 19.7. The number of benzene rings is 2. The number of rotatable bonds is 7. The standard InChI is InChI=1S/C20H21N3O/c1-2-16-8-10-19(11-9-16)23-15-18(14-21)20(24)22-13-12-17-6-4-3-5-7-17/h3-11,15,23H,2,12-13H2,1H3,(H,22,24)/b18-15-. The molecule has 0 aliphatic carbocycles. The lowest BCUT2D eigenvalue weighted by molar-refractivity contribution is -0.117. The Hall–Kier alpha value is -3.06. The SMILES string of the molecule is CCc1ccc(N/C=C(/C#N)C(=O)NCCc2ccccc2)cc1. The Labute approximate surface area is 142 Å². The highest BCUT2D eigenvalue weighted by Crippen LogP contribution is 2.10. The summed E-state index contributed by atoms with van der Waals surface area (Å²) in [5.41, 5.74) is 3.29. The fourth-order valence-corrected chi connectivity index (χ4v) is 2.20. The van der Waals surface area contributed by atoms with Crippen LogP contribution in [0.5, 0.6) is 0 Å². The van der Waals surface area contributed by atoms with Crippen LogP contribution in [0, 0.1) is 11.3 Å². The first-order chi connectivity index (χ1) is 11.7. The van der Waals surface area contributed by atoms with Gasteiger partial charge in [0.2, 0.25) is 0 Å². The number of amides is 1. The molecule has 0 spiro atoms. The van der Waals surface area contributed by atoms with Crippen molar-refractivity contribution in [3.8, 4) is 6.07 Å². The molecule has 2 aromatic carbocycles. The molecule has 0 aliphatic heterocycles. The summed E-state index contributed by atoms with van der Waals surface area (Å²) < 4.78 is 0. The predicted molar refractivity (Wildman–Crippen MR) is 96.3 cm³/mol. The van der Waals surface area contributed by atoms with Gasteiger partial charge in [0.15, 0.2) is 0 Å². The summed E-state index contributed by atoms with van der Waals surface area (Å²) in [6.07, 6.45) is 3.15. The maximum atomic E-state index is 12.0. The number of hydrogen-bond donors (Lipinski definition) is 2. The molecule has 0 radical (unpaired) electrons. The van der Waals surface area contributed by atoms with Gasteiger partial charge in [-0.1, -0.05) is 49.4 Å². The second-order valence-corrected chi connectivity index (χ2v) is 5.36. The third-order valence-electron chi connectivity index (χ3n) is 3.65. The summed E-state index contributed by atoms with van der Waals surface area (Å²) in [7, 11) is 0. The smallest absolute Gasteiger partial charge is 0.263 e. The molecule has 24 heavy (non-hydrogen) atoms. The third kappa shape index (κ3) is 5.29. The molecule has 0 aliphatic rings. The fourth-order valence-electron chi connectivity index (χ4n) is 2.20. The van der Waals surface area contributed by atoms with Gasteiger partial charge in [0, 0.05) is 18.4 Å². The van der Waals surface area contributed by atoms with E-state index < -0.39 is 0 Å². The lowest BCUT2D eigenvalue weighted by Gasteiger charge is -2.06. The van der Waals surface area contributed by atoms with Crippen molar-refractivity contribution in [2.75, 3.05) is 11.9 Å². The number of aryl methyl sites for hydroxylation is 1. The molecule has 4 heteroatoms. The highest BCUT2D eigenvalue weighted by molar-refractivity contribution is 5.97. The van der Waals surface area contributed by atoms with Crippen LogP contribution in [-0.2, 0) is 17.6 Å². The van der Waals surface area contributed by atoms with Crippen LogP contribution >= 0.6 is 0 Å². The van der Waals surface area contributed by atoms with Crippen LogP contribution in [0.3, 0.4) is 0 Å². The van der Waals surface area contributed by atoms with Crippen molar-refractivity contribution in [2.45, 2.75) is 19.8 Å². The highest BCUT2D eigenvalue weighted by Gasteiger charge is 2.07. The predicted octanol–water partition coefficient (Wildman–Crippen LogP) is 3.43. The van der Waals surface area contributed by atoms with E-state index in [2.05, 4.69) is 17.6 Å². The summed E-state index contributed by atoms with van der Waals surface area (Å²) in [5, 5.41) is 14.9. The van der Waals surface area contributed by atoms with Gasteiger partial charge in [-0.15, -0.1) is 0 Å². The molecule has 2 aromatic rings. The van der Waals surface area contributed by atoms with Crippen molar-refractivity contribution in [3.05, 3.63) is 77.5 Å². The van der Waals surface area contributed by atoms with Gasteiger partial charge in [0.1, 0.15) is 11.6 Å². The topological polar surface area (TPSA) is 64.9 Å². The zero-order chi connectivity index (χ0) is 17.2. The van der Waals surface area contributed by atoms with Crippen LogP contribution in [0.4, 0.5) is 5.69 Å². The van der Waals surface area contributed by atoms with E-state index in [1.807, 2.05) is 60.7 Å². The minimum absolute atomic E-state index is 0.0580. The third-order valence-corrected chi connectivity index (χ3v) is 3.65. The summed E-state index contributed by atoms with van der Waals surface area (Å²) in [4.78, 5) is 12.0. The molecule has 0 bridgehead atoms. The fraction of sp³-hybridized carbons (Fsp3) is 0.200. The Morgan fingerprint density at radius 2 is 1.79 bits per heavy atom. The maximum absolute atomic E-state index is 12.0. The van der Waals surface area contributed by atoms with Gasteiger partial charge in [-0.25, -0.2) is 0 Å². The number of hydrogen-bond acceptors (Lipinski definition) is 3. The normalized spacial score (nSPS) is 10.8. The van der Waals surface area contributed by atoms with Gasteiger partial charge in [-0.05, 0) is 36.1 Å². The van der Waals surface area contributed by atoms with E-state index >= 15 is 0 Å². The molecule has 0 atom stereocenters. The molecule has 0 saturated heterocycles. The monoisotopic (exact) mass is 319 g/mol. The van der Waals surface area contributed by atoms with Crippen LogP contribution in [0.15, 0.2) is 66.4 Å². The second kappa shape index (κ2) is 9.16. The van der Waals surface area contributed by atoms with E-state index in [-0.39, 0.29) is 11.5 Å². The minimum Gasteiger partial charge on any atom is -0.360 e. The average Bonchev–Trinajstić information content (AvgIpc) is 2.63. The molecule has 1 amide bonds. The number of anilines is 1. The van der Waals surface area contributed by atoms with Crippen LogP contribution in [0.2, 0.25) is 0 Å². The van der Waals surface area contributed by atoms with E-state index in [9.17, 15) is 4.79 Å². The second-order valence-electron chi connectivity index (χ2n) is 5.36. The Kier molecular flexibility index (Phi) is 6.60. The average molecular weight is 319 g/mol. The molecule has 4 nitrogen and oxygen atoms in total.